The summed E-state index contributed by atoms with van der Waals surface area (Å²) in [7, 11) is 0. The highest BCUT2D eigenvalue weighted by Gasteiger charge is 2.43. The molecule has 3 heterocycles. The van der Waals surface area contributed by atoms with Gasteiger partial charge in [-0.05, 0) is 45.0 Å². The van der Waals surface area contributed by atoms with Crippen molar-refractivity contribution in [1.82, 2.24) is 9.88 Å². The molecule has 1 atom stereocenters. The summed E-state index contributed by atoms with van der Waals surface area (Å²) in [4.78, 5) is 34.3. The van der Waals surface area contributed by atoms with Crippen molar-refractivity contribution in [2.45, 2.75) is 26.8 Å². The Morgan fingerprint density at radius 3 is 2.62 bits per heavy atom. The lowest BCUT2D eigenvalue weighted by atomic mass is 10.0. The molecular formula is C23H26N3O3+. The molecule has 0 fully saturated rings. The first kappa shape index (κ1) is 19.3. The molecular weight excluding hydrogens is 366 g/mol. The SMILES string of the molecule is CC[NH+](CC)CCN1C(=O)c2oc3ccc(C)cc3c(=O)c2[C@@H]1c1ccccn1. The molecule has 1 N–H and O–H groups in total. The van der Waals surface area contributed by atoms with Crippen LogP contribution in [0.5, 0.6) is 0 Å². The maximum Gasteiger partial charge on any atom is 0.291 e. The maximum absolute atomic E-state index is 13.4. The van der Waals surface area contributed by atoms with Gasteiger partial charge in [0.25, 0.3) is 5.91 Å². The van der Waals surface area contributed by atoms with Crippen LogP contribution in [-0.2, 0) is 0 Å². The summed E-state index contributed by atoms with van der Waals surface area (Å²) < 4.78 is 5.97. The topological polar surface area (TPSA) is 67.8 Å². The third-order valence-electron chi connectivity index (χ3n) is 5.80. The summed E-state index contributed by atoms with van der Waals surface area (Å²) >= 11 is 0. The number of pyridine rings is 1. The van der Waals surface area contributed by atoms with Gasteiger partial charge in [-0.25, -0.2) is 0 Å². The molecule has 6 nitrogen and oxygen atoms in total. The molecule has 3 aromatic rings. The van der Waals surface area contributed by atoms with Crippen molar-refractivity contribution in [3.8, 4) is 0 Å². The van der Waals surface area contributed by atoms with Gasteiger partial charge in [-0.2, -0.15) is 0 Å². The van der Waals surface area contributed by atoms with Gasteiger partial charge in [-0.15, -0.1) is 0 Å². The molecule has 0 saturated heterocycles. The van der Waals surface area contributed by atoms with Gasteiger partial charge >= 0.3 is 0 Å². The Bertz CT molecular complexity index is 1100. The summed E-state index contributed by atoms with van der Waals surface area (Å²) in [6.07, 6.45) is 1.69. The Morgan fingerprint density at radius 1 is 1.14 bits per heavy atom. The van der Waals surface area contributed by atoms with Crippen molar-refractivity contribution in [1.29, 1.82) is 0 Å². The minimum absolute atomic E-state index is 0.147. The second kappa shape index (κ2) is 7.79. The van der Waals surface area contributed by atoms with Crippen LogP contribution < -0.4 is 10.3 Å². The smallest absolute Gasteiger partial charge is 0.291 e. The minimum Gasteiger partial charge on any atom is -0.450 e. The third kappa shape index (κ3) is 3.34. The van der Waals surface area contributed by atoms with Crippen molar-refractivity contribution < 1.29 is 14.1 Å². The van der Waals surface area contributed by atoms with Crippen molar-refractivity contribution in [3.05, 3.63) is 75.4 Å². The van der Waals surface area contributed by atoms with E-state index in [0.717, 1.165) is 25.2 Å². The van der Waals surface area contributed by atoms with Crippen LogP contribution in [0.1, 0.15) is 47.3 Å². The molecule has 2 aromatic heterocycles. The Balaban J connectivity index is 1.87. The predicted octanol–water partition coefficient (Wildman–Crippen LogP) is 1.97. The molecule has 1 aromatic carbocycles. The van der Waals surface area contributed by atoms with E-state index >= 15 is 0 Å². The van der Waals surface area contributed by atoms with E-state index < -0.39 is 6.04 Å². The van der Waals surface area contributed by atoms with Crippen LogP contribution in [0, 0.1) is 6.92 Å². The molecule has 0 bridgehead atoms. The van der Waals surface area contributed by atoms with E-state index in [9.17, 15) is 9.59 Å². The summed E-state index contributed by atoms with van der Waals surface area (Å²) in [6.45, 7) is 9.53. The lowest BCUT2D eigenvalue weighted by Gasteiger charge is -2.26. The number of aromatic nitrogens is 1. The number of hydrogen-bond donors (Lipinski definition) is 1. The highest BCUT2D eigenvalue weighted by atomic mass is 16.3. The van der Waals surface area contributed by atoms with Gasteiger partial charge in [0.15, 0.2) is 5.43 Å². The van der Waals surface area contributed by atoms with Crippen molar-refractivity contribution in [3.63, 3.8) is 0 Å². The quantitative estimate of drug-likeness (QED) is 0.696. The van der Waals surface area contributed by atoms with E-state index in [4.69, 9.17) is 4.42 Å². The van der Waals surface area contributed by atoms with Gasteiger partial charge in [-0.1, -0.05) is 17.7 Å². The number of nitrogens with one attached hydrogen (secondary N) is 1. The average molecular weight is 392 g/mol. The maximum atomic E-state index is 13.4. The fourth-order valence-electron chi connectivity index (χ4n) is 4.09. The minimum atomic E-state index is -0.519. The van der Waals surface area contributed by atoms with Crippen molar-refractivity contribution in [2.75, 3.05) is 26.2 Å². The number of fused-ring (bicyclic) bond motifs is 2. The summed E-state index contributed by atoms with van der Waals surface area (Å²) in [5.41, 5.74) is 2.37. The highest BCUT2D eigenvalue weighted by Crippen LogP contribution is 2.36. The first-order valence-electron chi connectivity index (χ1n) is 10.2. The standard InChI is InChI=1S/C23H25N3O3/c1-4-25(5-2)12-13-26-20(17-8-6-7-11-24-17)19-21(27)16-14-15(3)9-10-18(16)29-22(19)23(26)28/h6-11,14,20H,4-5,12-13H2,1-3H3/p+1/t20-/m0/s1. The first-order chi connectivity index (χ1) is 14.0. The number of likely N-dealkylation sites (N-methyl/N-ethyl adjacent to an activating group) is 1. The second-order valence-corrected chi connectivity index (χ2v) is 7.54. The molecule has 0 radical (unpaired) electrons. The van der Waals surface area contributed by atoms with Crippen LogP contribution in [0.4, 0.5) is 0 Å². The number of nitrogens with zero attached hydrogens (tertiary/aromatic N) is 2. The summed E-state index contributed by atoms with van der Waals surface area (Å²) in [6, 6.07) is 10.5. The van der Waals surface area contributed by atoms with Crippen LogP contribution in [0.25, 0.3) is 11.0 Å². The number of carbonyl (C=O) groups excluding carboxylic acids is 1. The van der Waals surface area contributed by atoms with Crippen LogP contribution in [0.2, 0.25) is 0 Å². The largest absolute Gasteiger partial charge is 0.450 e. The van der Waals surface area contributed by atoms with E-state index in [1.807, 2.05) is 37.3 Å². The van der Waals surface area contributed by atoms with Gasteiger partial charge < -0.3 is 14.2 Å². The molecule has 1 amide bonds. The molecule has 1 aliphatic rings. The number of hydrogen-bond acceptors (Lipinski definition) is 4. The fraction of sp³-hybridized carbons (Fsp3) is 0.348. The predicted molar refractivity (Wildman–Crippen MR) is 111 cm³/mol. The average Bonchev–Trinajstić information content (AvgIpc) is 3.02. The van der Waals surface area contributed by atoms with Gasteiger partial charge in [0.05, 0.1) is 42.8 Å². The van der Waals surface area contributed by atoms with Crippen molar-refractivity contribution >= 4 is 16.9 Å². The lowest BCUT2D eigenvalue weighted by molar-refractivity contribution is -0.895. The Morgan fingerprint density at radius 2 is 1.93 bits per heavy atom. The Hall–Kier alpha value is -2.99. The van der Waals surface area contributed by atoms with Crippen LogP contribution in [-0.4, -0.2) is 42.0 Å². The van der Waals surface area contributed by atoms with Crippen LogP contribution in [0.3, 0.4) is 0 Å². The molecule has 1 aliphatic heterocycles. The third-order valence-corrected chi connectivity index (χ3v) is 5.80. The van der Waals surface area contributed by atoms with Gasteiger partial charge in [0, 0.05) is 6.20 Å². The molecule has 0 spiro atoms. The van der Waals surface area contributed by atoms with Crippen molar-refractivity contribution in [2.24, 2.45) is 0 Å². The zero-order valence-electron chi connectivity index (χ0n) is 17.1. The number of quaternary nitrogens is 1. The first-order valence-corrected chi connectivity index (χ1v) is 10.2. The zero-order valence-corrected chi connectivity index (χ0v) is 17.1. The second-order valence-electron chi connectivity index (χ2n) is 7.54. The molecule has 29 heavy (non-hydrogen) atoms. The van der Waals surface area contributed by atoms with E-state index in [2.05, 4.69) is 18.8 Å². The van der Waals surface area contributed by atoms with Crippen LogP contribution >= 0.6 is 0 Å². The molecule has 4 rings (SSSR count). The van der Waals surface area contributed by atoms with E-state index in [0.29, 0.717) is 28.8 Å². The van der Waals surface area contributed by atoms with E-state index in [-0.39, 0.29) is 17.1 Å². The van der Waals surface area contributed by atoms with Gasteiger partial charge in [0.1, 0.15) is 11.6 Å². The molecule has 150 valence electrons. The Kier molecular flexibility index (Phi) is 5.20. The number of aryl methyl sites for hydroxylation is 1. The lowest BCUT2D eigenvalue weighted by Crippen LogP contribution is -3.12. The number of carbonyl (C=O) groups is 1. The van der Waals surface area contributed by atoms with Gasteiger partial charge in [-0.3, -0.25) is 14.6 Å². The number of benzene rings is 1. The molecule has 0 aliphatic carbocycles. The number of rotatable bonds is 6. The fourth-order valence-corrected chi connectivity index (χ4v) is 4.09. The monoisotopic (exact) mass is 392 g/mol. The summed E-state index contributed by atoms with van der Waals surface area (Å²) in [5.74, 6) is -0.0849. The zero-order chi connectivity index (χ0) is 20.5. The molecule has 6 heteroatoms. The van der Waals surface area contributed by atoms with Crippen LogP contribution in [0.15, 0.2) is 51.8 Å². The normalized spacial score (nSPS) is 16.1. The summed E-state index contributed by atoms with van der Waals surface area (Å²) in [5, 5.41) is 0.508. The van der Waals surface area contributed by atoms with Gasteiger partial charge in [0.2, 0.25) is 5.76 Å². The van der Waals surface area contributed by atoms with E-state index in [1.54, 1.807) is 17.2 Å². The molecule has 0 unspecified atom stereocenters. The molecule has 0 saturated carbocycles. The number of amides is 1. The Labute approximate surface area is 169 Å². The highest BCUT2D eigenvalue weighted by molar-refractivity contribution is 5.99. The van der Waals surface area contributed by atoms with E-state index in [1.165, 1.54) is 4.90 Å².